The van der Waals surface area contributed by atoms with Crippen LogP contribution in [0.4, 0.5) is 5.69 Å². The highest BCUT2D eigenvalue weighted by molar-refractivity contribution is 7.13. The molecule has 0 aliphatic carbocycles. The Morgan fingerprint density at radius 2 is 1.94 bits per heavy atom. The number of rotatable bonds is 3. The van der Waals surface area contributed by atoms with Crippen LogP contribution in [0.2, 0.25) is 0 Å². The van der Waals surface area contributed by atoms with E-state index in [1.54, 1.807) is 35.6 Å². The topological polar surface area (TPSA) is 55.4 Å². The third-order valence-electron chi connectivity index (χ3n) is 2.25. The average Bonchev–Trinajstić information content (AvgIpc) is 2.73. The van der Waals surface area contributed by atoms with E-state index in [2.05, 4.69) is 18.0 Å². The zero-order valence-corrected chi connectivity index (χ0v) is 10.2. The Labute approximate surface area is 104 Å². The van der Waals surface area contributed by atoms with Crippen LogP contribution in [-0.4, -0.2) is 12.1 Å². The number of carbonyl (C=O) groups excluding carboxylic acids is 1. The lowest BCUT2D eigenvalue weighted by molar-refractivity contribution is 0.100. The van der Waals surface area contributed by atoms with Crippen molar-refractivity contribution in [1.82, 2.24) is 0 Å². The molecule has 1 aromatic carbocycles. The highest BCUT2D eigenvalue weighted by Gasteiger charge is 1.98. The van der Waals surface area contributed by atoms with Crippen LogP contribution in [-0.2, 0) is 0 Å². The number of nitrogens with zero attached hydrogens (tertiary/aromatic N) is 1. The molecule has 0 spiro atoms. The fraction of sp³-hybridized carbons (Fsp3) is 0.0769. The molecule has 1 heterocycles. The van der Waals surface area contributed by atoms with Crippen molar-refractivity contribution in [3.63, 3.8) is 0 Å². The minimum absolute atomic E-state index is 0.422. The maximum atomic E-state index is 10.9. The quantitative estimate of drug-likeness (QED) is 0.829. The van der Waals surface area contributed by atoms with Crippen molar-refractivity contribution in [3.05, 3.63) is 51.7 Å². The van der Waals surface area contributed by atoms with Gasteiger partial charge in [0.2, 0.25) is 5.91 Å². The Kier molecular flexibility index (Phi) is 3.35. The minimum atomic E-state index is -0.422. The summed E-state index contributed by atoms with van der Waals surface area (Å²) in [6.45, 7) is 2.06. The molecule has 86 valence electrons. The zero-order valence-electron chi connectivity index (χ0n) is 9.38. The molecule has 1 aromatic heterocycles. The molecular weight excluding hydrogens is 232 g/mol. The number of hydrogen-bond acceptors (Lipinski definition) is 3. The van der Waals surface area contributed by atoms with Crippen molar-refractivity contribution < 1.29 is 4.79 Å². The van der Waals surface area contributed by atoms with Crippen molar-refractivity contribution in [1.29, 1.82) is 0 Å². The summed E-state index contributed by atoms with van der Waals surface area (Å²) in [6.07, 6.45) is 1.82. The lowest BCUT2D eigenvalue weighted by atomic mass is 10.2. The third-order valence-corrected chi connectivity index (χ3v) is 3.19. The van der Waals surface area contributed by atoms with Crippen LogP contribution < -0.4 is 5.73 Å². The first-order valence-corrected chi connectivity index (χ1v) is 5.97. The van der Waals surface area contributed by atoms with Gasteiger partial charge in [0.15, 0.2) is 0 Å². The molecule has 4 heteroatoms. The summed E-state index contributed by atoms with van der Waals surface area (Å²) in [4.78, 5) is 17.6. The van der Waals surface area contributed by atoms with E-state index >= 15 is 0 Å². The van der Waals surface area contributed by atoms with Crippen molar-refractivity contribution in [2.75, 3.05) is 0 Å². The average molecular weight is 244 g/mol. The Morgan fingerprint density at radius 1 is 1.24 bits per heavy atom. The number of primary amides is 1. The summed E-state index contributed by atoms with van der Waals surface area (Å²) in [6, 6.07) is 11.0. The van der Waals surface area contributed by atoms with Crippen LogP contribution in [0.3, 0.4) is 0 Å². The molecular formula is C13H12N2OS. The molecule has 2 rings (SSSR count). The first kappa shape index (κ1) is 11.5. The van der Waals surface area contributed by atoms with Crippen molar-refractivity contribution in [2.45, 2.75) is 6.92 Å². The summed E-state index contributed by atoms with van der Waals surface area (Å²) in [7, 11) is 0. The van der Waals surface area contributed by atoms with E-state index in [-0.39, 0.29) is 0 Å². The molecule has 0 aliphatic rings. The molecule has 0 unspecified atom stereocenters. The molecule has 0 aliphatic heterocycles. The van der Waals surface area contributed by atoms with E-state index < -0.39 is 5.91 Å². The summed E-state index contributed by atoms with van der Waals surface area (Å²) in [5, 5.41) is 0. The molecule has 1 amide bonds. The van der Waals surface area contributed by atoms with Gasteiger partial charge in [-0.1, -0.05) is 0 Å². The van der Waals surface area contributed by atoms with Crippen LogP contribution in [0.1, 0.15) is 20.1 Å². The van der Waals surface area contributed by atoms with Crippen molar-refractivity contribution in [3.8, 4) is 0 Å². The highest BCUT2D eigenvalue weighted by Crippen LogP contribution is 2.16. The molecule has 0 saturated carbocycles. The zero-order chi connectivity index (χ0) is 12.3. The first-order chi connectivity index (χ1) is 8.15. The van der Waals surface area contributed by atoms with Gasteiger partial charge in [-0.3, -0.25) is 9.79 Å². The molecule has 17 heavy (non-hydrogen) atoms. The van der Waals surface area contributed by atoms with Gasteiger partial charge < -0.3 is 5.73 Å². The first-order valence-electron chi connectivity index (χ1n) is 5.15. The van der Waals surface area contributed by atoms with E-state index in [0.29, 0.717) is 5.56 Å². The van der Waals surface area contributed by atoms with Gasteiger partial charge >= 0.3 is 0 Å². The van der Waals surface area contributed by atoms with E-state index in [9.17, 15) is 4.79 Å². The summed E-state index contributed by atoms with van der Waals surface area (Å²) in [5.41, 5.74) is 6.46. The minimum Gasteiger partial charge on any atom is -0.366 e. The summed E-state index contributed by atoms with van der Waals surface area (Å²) < 4.78 is 0. The fourth-order valence-corrected chi connectivity index (χ4v) is 2.12. The van der Waals surface area contributed by atoms with Gasteiger partial charge in [-0.15, -0.1) is 11.3 Å². The summed E-state index contributed by atoms with van der Waals surface area (Å²) >= 11 is 1.69. The predicted molar refractivity (Wildman–Crippen MR) is 71.3 cm³/mol. The number of thiophene rings is 1. The summed E-state index contributed by atoms with van der Waals surface area (Å²) in [5.74, 6) is -0.422. The maximum absolute atomic E-state index is 10.9. The molecule has 2 N–H and O–H groups in total. The Balaban J connectivity index is 2.13. The van der Waals surface area contributed by atoms with Gasteiger partial charge in [-0.05, 0) is 43.3 Å². The number of aryl methyl sites for hydroxylation is 1. The van der Waals surface area contributed by atoms with E-state index in [1.165, 1.54) is 4.88 Å². The van der Waals surface area contributed by atoms with Gasteiger partial charge in [-0.2, -0.15) is 0 Å². The second kappa shape index (κ2) is 4.93. The van der Waals surface area contributed by atoms with E-state index in [0.717, 1.165) is 10.6 Å². The standard InChI is InChI=1S/C13H12N2OS/c1-9-2-7-12(17-9)8-15-11-5-3-10(4-6-11)13(14)16/h2-8H,1H3,(H2,14,16). The fourth-order valence-electron chi connectivity index (χ4n) is 1.37. The second-order valence-electron chi connectivity index (χ2n) is 3.62. The monoisotopic (exact) mass is 244 g/mol. The van der Waals surface area contributed by atoms with Crippen LogP contribution in [0.25, 0.3) is 0 Å². The Hall–Kier alpha value is -1.94. The number of aliphatic imine (C=N–C) groups is 1. The Morgan fingerprint density at radius 3 is 2.47 bits per heavy atom. The van der Waals surface area contributed by atoms with Crippen molar-refractivity contribution in [2.24, 2.45) is 10.7 Å². The molecule has 0 saturated heterocycles. The lowest BCUT2D eigenvalue weighted by Gasteiger charge is -1.95. The maximum Gasteiger partial charge on any atom is 0.248 e. The number of carbonyl (C=O) groups is 1. The molecule has 2 aromatic rings. The molecule has 0 atom stereocenters. The lowest BCUT2D eigenvalue weighted by Crippen LogP contribution is -2.10. The van der Waals surface area contributed by atoms with Gasteiger partial charge in [0.25, 0.3) is 0 Å². The third kappa shape index (κ3) is 3.01. The van der Waals surface area contributed by atoms with Crippen LogP contribution in [0, 0.1) is 6.92 Å². The van der Waals surface area contributed by atoms with Gasteiger partial charge in [0.1, 0.15) is 0 Å². The molecule has 0 bridgehead atoms. The van der Waals surface area contributed by atoms with Crippen molar-refractivity contribution >= 4 is 29.1 Å². The Bertz CT molecular complexity index is 555. The number of nitrogens with two attached hydrogens (primary N) is 1. The van der Waals surface area contributed by atoms with E-state index in [4.69, 9.17) is 5.73 Å². The van der Waals surface area contributed by atoms with Gasteiger partial charge in [0, 0.05) is 21.5 Å². The van der Waals surface area contributed by atoms with Crippen LogP contribution in [0.15, 0.2) is 41.4 Å². The SMILES string of the molecule is Cc1ccc(C=Nc2ccc(C(N)=O)cc2)s1. The molecule has 0 radical (unpaired) electrons. The normalized spacial score (nSPS) is 10.9. The number of amides is 1. The van der Waals surface area contributed by atoms with E-state index in [1.807, 2.05) is 12.3 Å². The van der Waals surface area contributed by atoms with Gasteiger partial charge in [-0.25, -0.2) is 0 Å². The highest BCUT2D eigenvalue weighted by atomic mass is 32.1. The molecule has 3 nitrogen and oxygen atoms in total. The van der Waals surface area contributed by atoms with Gasteiger partial charge in [0.05, 0.1) is 5.69 Å². The predicted octanol–water partition coefficient (Wildman–Crippen LogP) is 2.91. The largest absolute Gasteiger partial charge is 0.366 e. The van der Waals surface area contributed by atoms with Crippen LogP contribution >= 0.6 is 11.3 Å². The van der Waals surface area contributed by atoms with Crippen LogP contribution in [0.5, 0.6) is 0 Å². The number of hydrogen-bond donors (Lipinski definition) is 1. The molecule has 0 fully saturated rings. The number of benzene rings is 1. The second-order valence-corrected chi connectivity index (χ2v) is 4.94. The smallest absolute Gasteiger partial charge is 0.248 e.